The number of hydrogen-bond acceptors (Lipinski definition) is 5. The van der Waals surface area contributed by atoms with Gasteiger partial charge in [-0.3, -0.25) is 19.5 Å². The molecule has 196 valence electrons. The average molecular weight is 523 g/mol. The zero-order valence-electron chi connectivity index (χ0n) is 20.7. The van der Waals surface area contributed by atoms with Crippen molar-refractivity contribution in [2.24, 2.45) is 17.8 Å². The Morgan fingerprint density at radius 1 is 1.11 bits per heavy atom. The van der Waals surface area contributed by atoms with Crippen molar-refractivity contribution in [3.8, 4) is 11.1 Å². The lowest BCUT2D eigenvalue weighted by molar-refractivity contribution is -0.137. The topological polar surface area (TPSA) is 84.4 Å². The van der Waals surface area contributed by atoms with Gasteiger partial charge in [0.15, 0.2) is 0 Å². The maximum Gasteiger partial charge on any atom is 0.416 e. The number of nitrogens with one attached hydrogen (secondary N) is 1. The Labute approximate surface area is 217 Å². The molecular formula is C28H25F3N4O3. The third-order valence-corrected chi connectivity index (χ3v) is 7.97. The van der Waals surface area contributed by atoms with Crippen LogP contribution < -0.4 is 10.2 Å². The standard InChI is InChI=1S/C28H25F3N4O3/c1-3-35-25-20(23-21-12-38-13-22(21)24(23)27(35)37)8-16(10-33-25)19-9-18(11-32-14(19)2)34-26(36)15-5-4-6-17(7-15)28(29,30)31/h4-11,21-24H,3,12-13H2,1-2H3,(H,34,36)/t21-,22+,23?,24-/m1/s1. The summed E-state index contributed by atoms with van der Waals surface area (Å²) in [6.45, 7) is 5.53. The molecule has 38 heavy (non-hydrogen) atoms. The number of hydrogen-bond donors (Lipinski definition) is 1. The lowest BCUT2D eigenvalue weighted by atomic mass is 9.54. The molecule has 1 saturated carbocycles. The Morgan fingerprint density at radius 3 is 2.61 bits per heavy atom. The predicted molar refractivity (Wildman–Crippen MR) is 134 cm³/mol. The van der Waals surface area contributed by atoms with Crippen LogP contribution in [0.3, 0.4) is 0 Å². The second-order valence-corrected chi connectivity index (χ2v) is 10.0. The summed E-state index contributed by atoms with van der Waals surface area (Å²) in [4.78, 5) is 36.8. The predicted octanol–water partition coefficient (Wildman–Crippen LogP) is 5.07. The van der Waals surface area contributed by atoms with Crippen LogP contribution >= 0.6 is 0 Å². The van der Waals surface area contributed by atoms with Crippen molar-refractivity contribution in [1.82, 2.24) is 9.97 Å². The monoisotopic (exact) mass is 522 g/mol. The number of halogens is 3. The van der Waals surface area contributed by atoms with Gasteiger partial charge in [-0.25, -0.2) is 4.98 Å². The number of fused-ring (bicyclic) bond motifs is 6. The van der Waals surface area contributed by atoms with Gasteiger partial charge in [-0.1, -0.05) is 6.07 Å². The number of ether oxygens (including phenoxy) is 1. The average Bonchev–Trinajstić information content (AvgIpc) is 3.28. The van der Waals surface area contributed by atoms with Crippen molar-refractivity contribution in [3.63, 3.8) is 0 Å². The zero-order chi connectivity index (χ0) is 26.8. The van der Waals surface area contributed by atoms with Gasteiger partial charge in [-0.05, 0) is 50.1 Å². The second-order valence-electron chi connectivity index (χ2n) is 10.0. The maximum absolute atomic E-state index is 13.2. The van der Waals surface area contributed by atoms with E-state index in [9.17, 15) is 22.8 Å². The van der Waals surface area contributed by atoms with Gasteiger partial charge >= 0.3 is 6.18 Å². The van der Waals surface area contributed by atoms with Crippen LogP contribution in [-0.4, -0.2) is 41.5 Å². The van der Waals surface area contributed by atoms with Crippen molar-refractivity contribution in [2.75, 3.05) is 30.0 Å². The first-order valence-electron chi connectivity index (χ1n) is 12.5. The first-order valence-corrected chi connectivity index (χ1v) is 12.5. The van der Waals surface area contributed by atoms with Gasteiger partial charge in [-0.2, -0.15) is 13.2 Å². The van der Waals surface area contributed by atoms with E-state index in [1.807, 2.05) is 19.9 Å². The highest BCUT2D eigenvalue weighted by atomic mass is 19.4. The molecule has 1 saturated heterocycles. The normalized spacial score (nSPS) is 23.8. The third kappa shape index (κ3) is 3.86. The minimum Gasteiger partial charge on any atom is -0.381 e. The number of alkyl halides is 3. The van der Waals surface area contributed by atoms with Crippen LogP contribution in [0.4, 0.5) is 24.7 Å². The van der Waals surface area contributed by atoms with Crippen molar-refractivity contribution in [2.45, 2.75) is 25.9 Å². The van der Waals surface area contributed by atoms with E-state index in [0.717, 1.165) is 28.8 Å². The number of benzene rings is 1. The Bertz CT molecular complexity index is 1460. The largest absolute Gasteiger partial charge is 0.416 e. The second kappa shape index (κ2) is 8.90. The fourth-order valence-electron chi connectivity index (χ4n) is 6.09. The number of carbonyl (C=O) groups excluding carboxylic acids is 2. The van der Waals surface area contributed by atoms with Crippen LogP contribution in [0.1, 0.15) is 40.0 Å². The number of aromatic nitrogens is 2. The van der Waals surface area contributed by atoms with E-state index in [1.165, 1.54) is 18.3 Å². The van der Waals surface area contributed by atoms with Crippen LogP contribution in [0.5, 0.6) is 0 Å². The van der Waals surface area contributed by atoms with Crippen molar-refractivity contribution >= 4 is 23.3 Å². The van der Waals surface area contributed by atoms with E-state index in [4.69, 9.17) is 4.74 Å². The molecule has 3 aliphatic rings. The lowest BCUT2D eigenvalue weighted by Crippen LogP contribution is -2.57. The SMILES string of the molecule is CCN1C(=O)[C@H]2C(c3cc(-c4cc(NC(=O)c5cccc(C(F)(F)F)c5)cnc4C)cnc31)[C@@H]1COC[C@@H]12. The fourth-order valence-corrected chi connectivity index (χ4v) is 6.09. The first kappa shape index (κ1) is 24.5. The summed E-state index contributed by atoms with van der Waals surface area (Å²) in [5.74, 6) is 0.577. The maximum atomic E-state index is 13.2. The van der Waals surface area contributed by atoms with Crippen molar-refractivity contribution in [3.05, 3.63) is 71.2 Å². The molecule has 1 N–H and O–H groups in total. The Morgan fingerprint density at radius 2 is 1.87 bits per heavy atom. The quantitative estimate of drug-likeness (QED) is 0.518. The molecule has 0 spiro atoms. The summed E-state index contributed by atoms with van der Waals surface area (Å²) in [6.07, 6.45) is -1.38. The van der Waals surface area contributed by atoms with Gasteiger partial charge in [0.2, 0.25) is 5.91 Å². The third-order valence-electron chi connectivity index (χ3n) is 7.97. The number of rotatable bonds is 4. The van der Waals surface area contributed by atoms with Crippen molar-refractivity contribution in [1.29, 1.82) is 0 Å². The van der Waals surface area contributed by atoms with Crippen LogP contribution in [-0.2, 0) is 15.7 Å². The molecule has 0 radical (unpaired) electrons. The van der Waals surface area contributed by atoms with Crippen molar-refractivity contribution < 1.29 is 27.5 Å². The van der Waals surface area contributed by atoms with Gasteiger partial charge in [0.1, 0.15) is 5.82 Å². The molecule has 0 bridgehead atoms. The van der Waals surface area contributed by atoms with Crippen LogP contribution in [0.15, 0.2) is 48.8 Å². The number of nitrogens with zero attached hydrogens (tertiary/aromatic N) is 3. The summed E-state index contributed by atoms with van der Waals surface area (Å²) in [5.41, 5.74) is 2.59. The molecular weight excluding hydrogens is 497 g/mol. The highest BCUT2D eigenvalue weighted by Crippen LogP contribution is 2.60. The molecule has 1 aliphatic carbocycles. The molecule has 3 aromatic rings. The van der Waals surface area contributed by atoms with Gasteiger partial charge in [0.05, 0.1) is 36.6 Å². The molecule has 7 nitrogen and oxygen atoms in total. The summed E-state index contributed by atoms with van der Waals surface area (Å²) in [7, 11) is 0. The molecule has 2 fully saturated rings. The van der Waals surface area contributed by atoms with Gasteiger partial charge < -0.3 is 10.1 Å². The van der Waals surface area contributed by atoms with Crippen LogP contribution in [0.25, 0.3) is 11.1 Å². The number of amides is 2. The molecule has 10 heteroatoms. The summed E-state index contributed by atoms with van der Waals surface area (Å²) in [6, 6.07) is 8.06. The summed E-state index contributed by atoms with van der Waals surface area (Å²) in [5, 5.41) is 2.66. The Kier molecular flexibility index (Phi) is 5.75. The first-order chi connectivity index (χ1) is 18.2. The van der Waals surface area contributed by atoms with E-state index in [0.29, 0.717) is 37.0 Å². The molecule has 4 heterocycles. The van der Waals surface area contributed by atoms with E-state index < -0.39 is 17.6 Å². The highest BCUT2D eigenvalue weighted by Gasteiger charge is 2.60. The highest BCUT2D eigenvalue weighted by molar-refractivity contribution is 6.04. The van der Waals surface area contributed by atoms with Gasteiger partial charge in [-0.15, -0.1) is 0 Å². The zero-order valence-corrected chi connectivity index (χ0v) is 20.7. The lowest BCUT2D eigenvalue weighted by Gasteiger charge is -2.52. The number of anilines is 2. The number of aryl methyl sites for hydroxylation is 1. The Balaban J connectivity index is 1.32. The van der Waals surface area contributed by atoms with E-state index in [2.05, 4.69) is 15.3 Å². The summed E-state index contributed by atoms with van der Waals surface area (Å²) < 4.78 is 45.0. The molecule has 4 atom stereocenters. The van der Waals surface area contributed by atoms with E-state index >= 15 is 0 Å². The molecule has 6 rings (SSSR count). The van der Waals surface area contributed by atoms with Crippen LogP contribution in [0, 0.1) is 24.7 Å². The molecule has 1 aromatic carbocycles. The molecule has 2 aliphatic heterocycles. The molecule has 1 unspecified atom stereocenters. The Hall–Kier alpha value is -3.79. The minimum absolute atomic E-state index is 0.0531. The number of carbonyl (C=O) groups is 2. The number of pyridine rings is 2. The smallest absolute Gasteiger partial charge is 0.381 e. The molecule has 2 aromatic heterocycles. The van der Waals surface area contributed by atoms with Gasteiger partial charge in [0.25, 0.3) is 5.91 Å². The van der Waals surface area contributed by atoms with Gasteiger partial charge in [0, 0.05) is 52.5 Å². The summed E-state index contributed by atoms with van der Waals surface area (Å²) >= 11 is 0. The fraction of sp³-hybridized carbons (Fsp3) is 0.357. The van der Waals surface area contributed by atoms with E-state index in [1.54, 1.807) is 17.2 Å². The van der Waals surface area contributed by atoms with Crippen LogP contribution in [0.2, 0.25) is 0 Å². The van der Waals surface area contributed by atoms with E-state index in [-0.39, 0.29) is 35.1 Å². The minimum atomic E-state index is -4.55. The molecule has 2 amide bonds.